The van der Waals surface area contributed by atoms with Crippen molar-refractivity contribution in [3.63, 3.8) is 0 Å². The Morgan fingerprint density at radius 2 is 1.36 bits per heavy atom. The molecule has 2 rings (SSSR count). The van der Waals surface area contributed by atoms with E-state index in [0.717, 1.165) is 0 Å². The molecule has 0 radical (unpaired) electrons. The number of halogens is 2. The number of hydrogen-bond donors (Lipinski definition) is 2. The molecule has 0 atom stereocenters. The van der Waals surface area contributed by atoms with E-state index >= 15 is 0 Å². The summed E-state index contributed by atoms with van der Waals surface area (Å²) in [7, 11) is 0. The summed E-state index contributed by atoms with van der Waals surface area (Å²) in [6.07, 6.45) is -0.134. The van der Waals surface area contributed by atoms with Crippen molar-refractivity contribution in [2.75, 3.05) is 0 Å². The van der Waals surface area contributed by atoms with Gasteiger partial charge in [0.1, 0.15) is 11.6 Å². The maximum Gasteiger partial charge on any atom is 0.247 e. The van der Waals surface area contributed by atoms with Crippen molar-refractivity contribution in [3.05, 3.63) is 71.3 Å². The molecular formula is C17H15F2N3O2S. The number of carbonyl (C=O) groups excluding carboxylic acids is 2. The van der Waals surface area contributed by atoms with E-state index in [2.05, 4.69) is 5.32 Å². The minimum atomic E-state index is -0.557. The van der Waals surface area contributed by atoms with Crippen molar-refractivity contribution in [2.24, 2.45) is 5.84 Å². The van der Waals surface area contributed by atoms with Gasteiger partial charge >= 0.3 is 0 Å². The number of thiocarbonyl (C=S) groups is 1. The van der Waals surface area contributed by atoms with Crippen LogP contribution < -0.4 is 11.2 Å². The largest absolute Gasteiger partial charge is 0.301 e. The monoisotopic (exact) mass is 363 g/mol. The molecule has 0 aliphatic carbocycles. The van der Waals surface area contributed by atoms with E-state index < -0.39 is 23.4 Å². The number of nitrogens with zero attached hydrogens (tertiary/aromatic N) is 1. The Morgan fingerprint density at radius 3 is 1.84 bits per heavy atom. The number of hydrogen-bond acceptors (Lipinski definition) is 4. The van der Waals surface area contributed by atoms with E-state index in [1.54, 1.807) is 0 Å². The van der Waals surface area contributed by atoms with E-state index in [1.165, 1.54) is 48.5 Å². The number of rotatable bonds is 4. The van der Waals surface area contributed by atoms with Crippen LogP contribution in [0.1, 0.15) is 11.1 Å². The second-order valence-corrected chi connectivity index (χ2v) is 5.61. The first-order valence-corrected chi connectivity index (χ1v) is 7.66. The highest BCUT2D eigenvalue weighted by Crippen LogP contribution is 2.06. The van der Waals surface area contributed by atoms with Crippen LogP contribution in [0, 0.1) is 11.6 Å². The van der Waals surface area contributed by atoms with Crippen LogP contribution in [-0.2, 0) is 22.4 Å². The smallest absolute Gasteiger partial charge is 0.247 e. The zero-order chi connectivity index (χ0) is 18.4. The fourth-order valence-corrected chi connectivity index (χ4v) is 2.20. The normalized spacial score (nSPS) is 10.2. The Kier molecular flexibility index (Phi) is 6.26. The molecule has 2 amide bonds. The lowest BCUT2D eigenvalue weighted by Gasteiger charge is -2.18. The predicted octanol–water partition coefficient (Wildman–Crippen LogP) is 1.85. The van der Waals surface area contributed by atoms with Crippen molar-refractivity contribution in [1.82, 2.24) is 10.3 Å². The summed E-state index contributed by atoms with van der Waals surface area (Å²) in [5.74, 6) is 3.75. The lowest BCUT2D eigenvalue weighted by molar-refractivity contribution is -0.127. The zero-order valence-corrected chi connectivity index (χ0v) is 13.9. The number of nitrogens with two attached hydrogens (primary N) is 1. The summed E-state index contributed by atoms with van der Waals surface area (Å²) in [6, 6.07) is 10.8. The molecule has 3 N–H and O–H groups in total. The summed E-state index contributed by atoms with van der Waals surface area (Å²) >= 11 is 4.93. The lowest BCUT2D eigenvalue weighted by Crippen LogP contribution is -2.50. The topological polar surface area (TPSA) is 75.4 Å². The molecule has 25 heavy (non-hydrogen) atoms. The zero-order valence-electron chi connectivity index (χ0n) is 13.0. The number of amides is 2. The summed E-state index contributed by atoms with van der Waals surface area (Å²) in [5, 5.41) is 2.74. The Morgan fingerprint density at radius 1 is 0.920 bits per heavy atom. The third-order valence-electron chi connectivity index (χ3n) is 3.28. The number of carbonyl (C=O) groups is 2. The van der Waals surface area contributed by atoms with Crippen LogP contribution in [0.2, 0.25) is 0 Å². The van der Waals surface area contributed by atoms with Crippen LogP contribution >= 0.6 is 12.2 Å². The van der Waals surface area contributed by atoms with E-state index in [1.807, 2.05) is 0 Å². The fourth-order valence-electron chi connectivity index (χ4n) is 1.99. The van der Waals surface area contributed by atoms with Gasteiger partial charge in [-0.1, -0.05) is 24.3 Å². The lowest BCUT2D eigenvalue weighted by atomic mass is 10.1. The van der Waals surface area contributed by atoms with Gasteiger partial charge in [0, 0.05) is 0 Å². The molecule has 0 aliphatic heterocycles. The molecule has 0 saturated heterocycles. The number of nitrogens with one attached hydrogen (secondary N) is 1. The fraction of sp³-hybridized carbons (Fsp3) is 0.118. The van der Waals surface area contributed by atoms with Gasteiger partial charge in [0.25, 0.3) is 0 Å². The maximum absolute atomic E-state index is 12.8. The van der Waals surface area contributed by atoms with Crippen LogP contribution in [0.3, 0.4) is 0 Å². The van der Waals surface area contributed by atoms with Crippen LogP contribution in [-0.4, -0.2) is 21.9 Å². The predicted molar refractivity (Wildman–Crippen MR) is 92.0 cm³/mol. The molecule has 5 nitrogen and oxygen atoms in total. The summed E-state index contributed by atoms with van der Waals surface area (Å²) in [6.45, 7) is 0. The first-order chi connectivity index (χ1) is 11.8. The van der Waals surface area contributed by atoms with E-state index in [4.69, 9.17) is 18.1 Å². The maximum atomic E-state index is 12.8. The molecule has 2 aromatic carbocycles. The molecule has 2 aromatic rings. The third kappa shape index (κ3) is 5.70. The van der Waals surface area contributed by atoms with Crippen molar-refractivity contribution < 1.29 is 18.4 Å². The summed E-state index contributed by atoms with van der Waals surface area (Å²) < 4.78 is 25.7. The average molecular weight is 363 g/mol. The van der Waals surface area contributed by atoms with Gasteiger partial charge in [-0.3, -0.25) is 9.59 Å². The first kappa shape index (κ1) is 18.6. The molecular weight excluding hydrogens is 348 g/mol. The molecule has 0 aromatic heterocycles. The van der Waals surface area contributed by atoms with Crippen molar-refractivity contribution in [3.8, 4) is 0 Å². The Bertz CT molecular complexity index is 779. The van der Waals surface area contributed by atoms with Crippen LogP contribution in [0.5, 0.6) is 0 Å². The Hall–Kier alpha value is -2.71. The van der Waals surface area contributed by atoms with E-state index in [9.17, 15) is 18.4 Å². The van der Waals surface area contributed by atoms with Gasteiger partial charge in [-0.25, -0.2) is 19.6 Å². The third-order valence-corrected chi connectivity index (χ3v) is 3.58. The number of benzene rings is 2. The van der Waals surface area contributed by atoms with Gasteiger partial charge < -0.3 is 5.32 Å². The second-order valence-electron chi connectivity index (χ2n) is 5.22. The molecule has 0 unspecified atom stereocenters. The SMILES string of the molecule is NN(C(=O)Cc1ccc(F)cc1)C(=S)NC(=O)Cc1ccc(F)cc1. The summed E-state index contributed by atoms with van der Waals surface area (Å²) in [5.41, 5.74) is 1.14. The minimum Gasteiger partial charge on any atom is -0.301 e. The highest BCUT2D eigenvalue weighted by molar-refractivity contribution is 7.80. The van der Waals surface area contributed by atoms with Gasteiger partial charge in [0.2, 0.25) is 11.8 Å². The molecule has 0 saturated carbocycles. The van der Waals surface area contributed by atoms with Gasteiger partial charge in [-0.2, -0.15) is 0 Å². The van der Waals surface area contributed by atoms with Crippen LogP contribution in [0.25, 0.3) is 0 Å². The average Bonchev–Trinajstić information content (AvgIpc) is 2.58. The van der Waals surface area contributed by atoms with Gasteiger partial charge in [-0.05, 0) is 47.6 Å². The van der Waals surface area contributed by atoms with Crippen molar-refractivity contribution >= 4 is 29.1 Å². The van der Waals surface area contributed by atoms with E-state index in [-0.39, 0.29) is 18.0 Å². The second kappa shape index (κ2) is 8.41. The minimum absolute atomic E-state index is 0.0413. The summed E-state index contributed by atoms with van der Waals surface area (Å²) in [4.78, 5) is 23.9. The van der Waals surface area contributed by atoms with E-state index in [0.29, 0.717) is 16.1 Å². The van der Waals surface area contributed by atoms with Gasteiger partial charge in [-0.15, -0.1) is 0 Å². The Labute approximate surface area is 148 Å². The molecule has 0 heterocycles. The highest BCUT2D eigenvalue weighted by Gasteiger charge is 2.17. The standard InChI is InChI=1S/C17H15F2N3O2S/c18-13-5-1-11(2-6-13)9-15(23)21-17(25)22(20)16(24)10-12-3-7-14(19)8-4-12/h1-8H,9-10,20H2,(H,21,23,25). The molecule has 0 spiro atoms. The van der Waals surface area contributed by atoms with Crippen molar-refractivity contribution in [2.45, 2.75) is 12.8 Å². The first-order valence-electron chi connectivity index (χ1n) is 7.25. The molecule has 0 aliphatic rings. The highest BCUT2D eigenvalue weighted by atomic mass is 32.1. The molecule has 130 valence electrons. The van der Waals surface area contributed by atoms with Crippen LogP contribution in [0.4, 0.5) is 8.78 Å². The van der Waals surface area contributed by atoms with Crippen LogP contribution in [0.15, 0.2) is 48.5 Å². The molecule has 0 fully saturated rings. The molecule has 8 heteroatoms. The van der Waals surface area contributed by atoms with Gasteiger partial charge in [0.05, 0.1) is 12.8 Å². The number of hydrazine groups is 1. The van der Waals surface area contributed by atoms with Crippen molar-refractivity contribution in [1.29, 1.82) is 0 Å². The Balaban J connectivity index is 1.87. The quantitative estimate of drug-likeness (QED) is 0.376. The van der Waals surface area contributed by atoms with Gasteiger partial charge in [0.15, 0.2) is 5.11 Å². The molecule has 0 bridgehead atoms.